The summed E-state index contributed by atoms with van der Waals surface area (Å²) in [7, 11) is 0. The quantitative estimate of drug-likeness (QED) is 0.756. The average Bonchev–Trinajstić information content (AvgIpc) is 3.08. The van der Waals surface area contributed by atoms with Crippen molar-refractivity contribution in [3.05, 3.63) is 35.6 Å². The molecule has 19 heavy (non-hydrogen) atoms. The lowest BCUT2D eigenvalue weighted by atomic mass is 10.2. The summed E-state index contributed by atoms with van der Waals surface area (Å²) in [4.78, 5) is 0. The van der Waals surface area contributed by atoms with Crippen LogP contribution in [0.1, 0.15) is 18.9 Å². The number of benzene rings is 1. The number of aliphatic hydroxyl groups is 1. The minimum atomic E-state index is -0.541. The summed E-state index contributed by atoms with van der Waals surface area (Å²) in [5.74, 6) is 1.33. The fraction of sp³-hybridized carbons (Fsp3) is 0.600. The van der Waals surface area contributed by atoms with Gasteiger partial charge in [-0.25, -0.2) is 4.39 Å². The highest BCUT2D eigenvalue weighted by Gasteiger charge is 2.31. The normalized spacial score (nSPS) is 23.3. The van der Waals surface area contributed by atoms with Gasteiger partial charge in [0.15, 0.2) is 0 Å². The highest BCUT2D eigenvalue weighted by atomic mass is 19.1. The first-order valence-electron chi connectivity index (χ1n) is 6.86. The van der Waals surface area contributed by atoms with E-state index in [0.29, 0.717) is 12.1 Å². The molecule has 1 fully saturated rings. The van der Waals surface area contributed by atoms with E-state index in [1.54, 1.807) is 18.2 Å². The number of hydrogen-bond donors (Lipinski definition) is 2. The van der Waals surface area contributed by atoms with Gasteiger partial charge in [0.05, 0.1) is 19.3 Å². The van der Waals surface area contributed by atoms with E-state index in [1.807, 2.05) is 0 Å². The van der Waals surface area contributed by atoms with Crippen molar-refractivity contribution in [3.8, 4) is 0 Å². The average molecular weight is 267 g/mol. The molecule has 0 heterocycles. The van der Waals surface area contributed by atoms with Crippen LogP contribution in [0.2, 0.25) is 0 Å². The van der Waals surface area contributed by atoms with Gasteiger partial charge in [-0.15, -0.1) is 0 Å². The first-order chi connectivity index (χ1) is 9.16. The molecule has 0 amide bonds. The summed E-state index contributed by atoms with van der Waals surface area (Å²) in [6.45, 7) is 4.15. The Morgan fingerprint density at radius 3 is 2.89 bits per heavy atom. The Labute approximate surface area is 113 Å². The van der Waals surface area contributed by atoms with Gasteiger partial charge in [-0.3, -0.25) is 0 Å². The van der Waals surface area contributed by atoms with Gasteiger partial charge in [-0.1, -0.05) is 25.1 Å². The molecule has 2 N–H and O–H groups in total. The maximum absolute atomic E-state index is 13.3. The van der Waals surface area contributed by atoms with Gasteiger partial charge in [-0.05, 0) is 30.9 Å². The third-order valence-corrected chi connectivity index (χ3v) is 3.59. The van der Waals surface area contributed by atoms with Crippen molar-refractivity contribution in [1.82, 2.24) is 5.32 Å². The van der Waals surface area contributed by atoms with Gasteiger partial charge < -0.3 is 15.2 Å². The molecular weight excluding hydrogens is 245 g/mol. The molecule has 1 aliphatic rings. The maximum Gasteiger partial charge on any atom is 0.128 e. The van der Waals surface area contributed by atoms with Crippen molar-refractivity contribution >= 4 is 0 Å². The zero-order valence-electron chi connectivity index (χ0n) is 11.3. The summed E-state index contributed by atoms with van der Waals surface area (Å²) >= 11 is 0. The molecule has 0 radical (unpaired) electrons. The number of aliphatic hydroxyl groups excluding tert-OH is 1. The third kappa shape index (κ3) is 4.90. The molecule has 106 valence electrons. The van der Waals surface area contributed by atoms with Crippen LogP contribution in [0.15, 0.2) is 24.3 Å². The molecule has 1 aromatic rings. The Hall–Kier alpha value is -0.970. The molecule has 1 aliphatic carbocycles. The van der Waals surface area contributed by atoms with Crippen LogP contribution in [0.4, 0.5) is 4.39 Å². The van der Waals surface area contributed by atoms with Crippen LogP contribution in [0, 0.1) is 17.7 Å². The molecule has 0 saturated heterocycles. The topological polar surface area (TPSA) is 41.5 Å². The van der Waals surface area contributed by atoms with E-state index in [-0.39, 0.29) is 19.0 Å². The zero-order chi connectivity index (χ0) is 13.7. The molecule has 3 atom stereocenters. The summed E-state index contributed by atoms with van der Waals surface area (Å²) in [6, 6.07) is 6.52. The van der Waals surface area contributed by atoms with E-state index in [1.165, 1.54) is 12.5 Å². The number of hydrogen-bond acceptors (Lipinski definition) is 3. The summed E-state index contributed by atoms with van der Waals surface area (Å²) < 4.78 is 18.6. The molecular formula is C15H22FNO2. The van der Waals surface area contributed by atoms with Crippen LogP contribution in [-0.2, 0) is 11.3 Å². The largest absolute Gasteiger partial charge is 0.389 e. The van der Waals surface area contributed by atoms with E-state index in [2.05, 4.69) is 12.2 Å². The van der Waals surface area contributed by atoms with Gasteiger partial charge in [0.25, 0.3) is 0 Å². The van der Waals surface area contributed by atoms with Gasteiger partial charge in [-0.2, -0.15) is 0 Å². The number of nitrogens with one attached hydrogen (secondary N) is 1. The Kier molecular flexibility index (Phi) is 5.31. The maximum atomic E-state index is 13.3. The molecule has 3 unspecified atom stereocenters. The molecule has 0 aromatic heterocycles. The third-order valence-electron chi connectivity index (χ3n) is 3.59. The molecule has 0 aliphatic heterocycles. The van der Waals surface area contributed by atoms with Crippen molar-refractivity contribution in [3.63, 3.8) is 0 Å². The predicted octanol–water partition coefficient (Wildman–Crippen LogP) is 1.95. The number of halogens is 1. The molecule has 1 saturated carbocycles. The first-order valence-corrected chi connectivity index (χ1v) is 6.86. The van der Waals surface area contributed by atoms with E-state index >= 15 is 0 Å². The van der Waals surface area contributed by atoms with E-state index in [4.69, 9.17) is 4.74 Å². The molecule has 1 aromatic carbocycles. The van der Waals surface area contributed by atoms with Crippen LogP contribution < -0.4 is 5.32 Å². The molecule has 0 bridgehead atoms. The highest BCUT2D eigenvalue weighted by molar-refractivity contribution is 5.16. The predicted molar refractivity (Wildman–Crippen MR) is 72.2 cm³/mol. The smallest absolute Gasteiger partial charge is 0.128 e. The molecule has 2 rings (SSSR count). The number of rotatable bonds is 8. The van der Waals surface area contributed by atoms with Crippen molar-refractivity contribution in [2.24, 2.45) is 11.8 Å². The van der Waals surface area contributed by atoms with E-state index < -0.39 is 6.10 Å². The second kappa shape index (κ2) is 6.98. The van der Waals surface area contributed by atoms with Gasteiger partial charge in [0.1, 0.15) is 5.82 Å². The van der Waals surface area contributed by atoms with E-state index in [0.717, 1.165) is 18.4 Å². The van der Waals surface area contributed by atoms with Gasteiger partial charge in [0.2, 0.25) is 0 Å². The first kappa shape index (κ1) is 14.4. The summed E-state index contributed by atoms with van der Waals surface area (Å²) in [5, 5.41) is 12.9. The minimum Gasteiger partial charge on any atom is -0.389 e. The van der Waals surface area contributed by atoms with Crippen molar-refractivity contribution in [1.29, 1.82) is 0 Å². The Balaban J connectivity index is 1.56. The lowest BCUT2D eigenvalue weighted by Crippen LogP contribution is -2.31. The fourth-order valence-electron chi connectivity index (χ4n) is 2.10. The molecule has 0 spiro atoms. The lowest BCUT2D eigenvalue weighted by Gasteiger charge is -2.12. The second-order valence-electron chi connectivity index (χ2n) is 5.39. The van der Waals surface area contributed by atoms with E-state index in [9.17, 15) is 9.50 Å². The monoisotopic (exact) mass is 267 g/mol. The summed E-state index contributed by atoms with van der Waals surface area (Å²) in [5.41, 5.74) is 0.523. The highest BCUT2D eigenvalue weighted by Crippen LogP contribution is 2.36. The van der Waals surface area contributed by atoms with Gasteiger partial charge >= 0.3 is 0 Å². The Morgan fingerprint density at radius 1 is 1.47 bits per heavy atom. The van der Waals surface area contributed by atoms with Crippen LogP contribution in [0.5, 0.6) is 0 Å². The number of ether oxygens (including phenoxy) is 1. The van der Waals surface area contributed by atoms with Crippen molar-refractivity contribution in [2.45, 2.75) is 26.1 Å². The molecule has 3 nitrogen and oxygen atoms in total. The molecule has 4 heteroatoms. The van der Waals surface area contributed by atoms with Crippen molar-refractivity contribution < 1.29 is 14.2 Å². The van der Waals surface area contributed by atoms with Gasteiger partial charge in [0, 0.05) is 12.1 Å². The lowest BCUT2D eigenvalue weighted by molar-refractivity contribution is 0.0278. The van der Waals surface area contributed by atoms with Crippen LogP contribution in [0.25, 0.3) is 0 Å². The van der Waals surface area contributed by atoms with Crippen LogP contribution in [-0.4, -0.2) is 30.9 Å². The standard InChI is InChI=1S/C15H22FNO2/c1-11-6-13(11)7-17-8-14(18)10-19-9-12-4-2-3-5-15(12)16/h2-5,11,13-14,17-18H,6-10H2,1H3. The van der Waals surface area contributed by atoms with Crippen LogP contribution >= 0.6 is 0 Å². The Bertz CT molecular complexity index is 399. The zero-order valence-corrected chi connectivity index (χ0v) is 11.3. The SMILES string of the molecule is CC1CC1CNCC(O)COCc1ccccc1F. The Morgan fingerprint density at radius 2 is 2.21 bits per heavy atom. The van der Waals surface area contributed by atoms with Crippen LogP contribution in [0.3, 0.4) is 0 Å². The fourth-order valence-corrected chi connectivity index (χ4v) is 2.10. The van der Waals surface area contributed by atoms with Crippen molar-refractivity contribution in [2.75, 3.05) is 19.7 Å². The minimum absolute atomic E-state index is 0.198. The second-order valence-corrected chi connectivity index (χ2v) is 5.39. The summed E-state index contributed by atoms with van der Waals surface area (Å²) in [6.07, 6.45) is 0.744.